The van der Waals surface area contributed by atoms with Crippen molar-refractivity contribution in [2.45, 2.75) is 19.8 Å². The molecule has 1 atom stereocenters. The summed E-state index contributed by atoms with van der Waals surface area (Å²) in [4.78, 5) is 0. The highest BCUT2D eigenvalue weighted by Gasteiger charge is 2.01. The molecule has 0 aromatic rings. The van der Waals surface area contributed by atoms with E-state index >= 15 is 0 Å². The van der Waals surface area contributed by atoms with E-state index in [1.165, 1.54) is 0 Å². The van der Waals surface area contributed by atoms with Crippen molar-refractivity contribution in [1.29, 1.82) is 0 Å². The van der Waals surface area contributed by atoms with E-state index in [0.717, 1.165) is 12.8 Å². The van der Waals surface area contributed by atoms with Crippen molar-refractivity contribution in [2.75, 3.05) is 20.3 Å². The fourth-order valence-electron chi connectivity index (χ4n) is 0.937. The van der Waals surface area contributed by atoms with Gasteiger partial charge in [-0.05, 0) is 6.42 Å². The average Bonchev–Trinajstić information content (AvgIpc) is 2.01. The second kappa shape index (κ2) is 7.59. The lowest BCUT2D eigenvalue weighted by Gasteiger charge is -2.06. The highest BCUT2D eigenvalue weighted by molar-refractivity contribution is 5.03. The Hall–Kier alpha value is -0.520. The third kappa shape index (κ3) is 5.90. The zero-order chi connectivity index (χ0) is 8.53. The van der Waals surface area contributed by atoms with Crippen LogP contribution in [0.3, 0.4) is 0 Å². The summed E-state index contributed by atoms with van der Waals surface area (Å²) in [5, 5.41) is 8.44. The van der Waals surface area contributed by atoms with Gasteiger partial charge in [0.15, 0.2) is 0 Å². The molecule has 2 nitrogen and oxygen atoms in total. The summed E-state index contributed by atoms with van der Waals surface area (Å²) in [6, 6.07) is 0. The molecule has 1 N–H and O–H groups in total. The Balaban J connectivity index is 3.68. The van der Waals surface area contributed by atoms with E-state index < -0.39 is 0 Å². The van der Waals surface area contributed by atoms with Gasteiger partial charge in [0.2, 0.25) is 0 Å². The molecule has 0 heterocycles. The molecular formula is C9H16O2. The molecule has 0 fully saturated rings. The Morgan fingerprint density at radius 1 is 1.55 bits per heavy atom. The Morgan fingerprint density at radius 2 is 2.27 bits per heavy atom. The second-order valence-electron chi connectivity index (χ2n) is 2.42. The smallest absolute Gasteiger partial charge is 0.104 e. The molecule has 0 aromatic heterocycles. The number of methoxy groups -OCH3 is 1. The van der Waals surface area contributed by atoms with Gasteiger partial charge in [0, 0.05) is 13.0 Å². The summed E-state index contributed by atoms with van der Waals surface area (Å²) in [6.07, 6.45) is 2.15. The van der Waals surface area contributed by atoms with Crippen LogP contribution in [-0.4, -0.2) is 25.4 Å². The van der Waals surface area contributed by atoms with Crippen LogP contribution in [0.25, 0.3) is 0 Å². The molecule has 1 unspecified atom stereocenters. The van der Waals surface area contributed by atoms with E-state index in [4.69, 9.17) is 9.84 Å². The molecule has 11 heavy (non-hydrogen) atoms. The zero-order valence-corrected chi connectivity index (χ0v) is 7.26. The number of rotatable bonds is 4. The lowest BCUT2D eigenvalue weighted by Crippen LogP contribution is -2.05. The molecule has 0 aromatic carbocycles. The zero-order valence-electron chi connectivity index (χ0n) is 7.26. The molecule has 0 saturated heterocycles. The van der Waals surface area contributed by atoms with Crippen LogP contribution in [0.5, 0.6) is 0 Å². The first-order chi connectivity index (χ1) is 5.35. The minimum absolute atomic E-state index is 0.0517. The third-order valence-corrected chi connectivity index (χ3v) is 1.39. The van der Waals surface area contributed by atoms with Crippen LogP contribution < -0.4 is 0 Å². The number of aliphatic hydroxyl groups is 1. The molecule has 0 amide bonds. The SMILES string of the molecule is CCCC(C#CCO)COC. The van der Waals surface area contributed by atoms with Gasteiger partial charge >= 0.3 is 0 Å². The normalized spacial score (nSPS) is 11.9. The van der Waals surface area contributed by atoms with E-state index in [1.54, 1.807) is 7.11 Å². The van der Waals surface area contributed by atoms with Crippen molar-refractivity contribution in [3.05, 3.63) is 0 Å². The summed E-state index contributed by atoms with van der Waals surface area (Å²) in [7, 11) is 1.67. The molecule has 2 heteroatoms. The monoisotopic (exact) mass is 156 g/mol. The Bertz CT molecular complexity index is 126. The van der Waals surface area contributed by atoms with Crippen molar-refractivity contribution < 1.29 is 9.84 Å². The maximum Gasteiger partial charge on any atom is 0.104 e. The predicted octanol–water partition coefficient (Wildman–Crippen LogP) is 1.04. The third-order valence-electron chi connectivity index (χ3n) is 1.39. The highest BCUT2D eigenvalue weighted by Crippen LogP contribution is 2.04. The first-order valence-electron chi connectivity index (χ1n) is 3.93. The second-order valence-corrected chi connectivity index (χ2v) is 2.42. The fourth-order valence-corrected chi connectivity index (χ4v) is 0.937. The molecule has 0 spiro atoms. The van der Waals surface area contributed by atoms with Crippen LogP contribution >= 0.6 is 0 Å². The van der Waals surface area contributed by atoms with E-state index in [1.807, 2.05) is 0 Å². The van der Waals surface area contributed by atoms with Crippen molar-refractivity contribution in [3.63, 3.8) is 0 Å². The van der Waals surface area contributed by atoms with Gasteiger partial charge in [-0.3, -0.25) is 0 Å². The molecule has 64 valence electrons. The van der Waals surface area contributed by atoms with Crippen LogP contribution in [0.15, 0.2) is 0 Å². The fraction of sp³-hybridized carbons (Fsp3) is 0.778. The maximum atomic E-state index is 8.44. The largest absolute Gasteiger partial charge is 0.384 e. The lowest BCUT2D eigenvalue weighted by molar-refractivity contribution is 0.169. The minimum atomic E-state index is -0.0517. The number of hydrogen-bond donors (Lipinski definition) is 1. The Labute approximate surface area is 68.6 Å². The minimum Gasteiger partial charge on any atom is -0.384 e. The van der Waals surface area contributed by atoms with Gasteiger partial charge in [0.25, 0.3) is 0 Å². The van der Waals surface area contributed by atoms with E-state index in [-0.39, 0.29) is 12.5 Å². The summed E-state index contributed by atoms with van der Waals surface area (Å²) in [5.41, 5.74) is 0. The molecule has 0 aliphatic carbocycles. The van der Waals surface area contributed by atoms with Gasteiger partial charge in [-0.1, -0.05) is 25.2 Å². The molecule has 0 aliphatic rings. The van der Waals surface area contributed by atoms with E-state index in [0.29, 0.717) is 6.61 Å². The van der Waals surface area contributed by atoms with Crippen LogP contribution in [0.1, 0.15) is 19.8 Å². The summed E-state index contributed by atoms with van der Waals surface area (Å²) >= 11 is 0. The first-order valence-corrected chi connectivity index (χ1v) is 3.93. The average molecular weight is 156 g/mol. The number of hydrogen-bond acceptors (Lipinski definition) is 2. The molecule has 0 bridgehead atoms. The number of aliphatic hydroxyl groups excluding tert-OH is 1. The molecule has 0 saturated carbocycles. The van der Waals surface area contributed by atoms with Gasteiger partial charge in [-0.25, -0.2) is 0 Å². The predicted molar refractivity (Wildman–Crippen MR) is 45.1 cm³/mol. The molecule has 0 rings (SSSR count). The Kier molecular flexibility index (Phi) is 7.23. The Morgan fingerprint density at radius 3 is 2.73 bits per heavy atom. The quantitative estimate of drug-likeness (QED) is 0.616. The molecule has 0 aliphatic heterocycles. The van der Waals surface area contributed by atoms with Crippen molar-refractivity contribution in [2.24, 2.45) is 5.92 Å². The summed E-state index contributed by atoms with van der Waals surface area (Å²) in [5.74, 6) is 5.88. The standard InChI is InChI=1S/C9H16O2/c1-3-5-9(8-11-2)6-4-7-10/h9-10H,3,5,7-8H2,1-2H3. The first kappa shape index (κ1) is 10.5. The van der Waals surface area contributed by atoms with Gasteiger partial charge in [-0.15, -0.1) is 0 Å². The summed E-state index contributed by atoms with van der Waals surface area (Å²) < 4.78 is 4.97. The van der Waals surface area contributed by atoms with Gasteiger partial charge in [0.1, 0.15) is 6.61 Å². The van der Waals surface area contributed by atoms with Gasteiger partial charge in [0.05, 0.1) is 6.61 Å². The topological polar surface area (TPSA) is 29.5 Å². The lowest BCUT2D eigenvalue weighted by atomic mass is 10.1. The van der Waals surface area contributed by atoms with Crippen LogP contribution in [0.4, 0.5) is 0 Å². The molecular weight excluding hydrogens is 140 g/mol. The van der Waals surface area contributed by atoms with Crippen molar-refractivity contribution >= 4 is 0 Å². The van der Waals surface area contributed by atoms with Crippen LogP contribution in [0, 0.1) is 17.8 Å². The number of ether oxygens (including phenoxy) is 1. The van der Waals surface area contributed by atoms with Crippen LogP contribution in [0.2, 0.25) is 0 Å². The summed E-state index contributed by atoms with van der Waals surface area (Å²) in [6.45, 7) is 2.73. The molecule has 0 radical (unpaired) electrons. The van der Waals surface area contributed by atoms with Gasteiger partial charge < -0.3 is 9.84 Å². The highest BCUT2D eigenvalue weighted by atomic mass is 16.5. The van der Waals surface area contributed by atoms with Crippen molar-refractivity contribution in [3.8, 4) is 11.8 Å². The van der Waals surface area contributed by atoms with Gasteiger partial charge in [-0.2, -0.15) is 0 Å². The maximum absolute atomic E-state index is 8.44. The van der Waals surface area contributed by atoms with Crippen molar-refractivity contribution in [1.82, 2.24) is 0 Å². The van der Waals surface area contributed by atoms with E-state index in [9.17, 15) is 0 Å². The van der Waals surface area contributed by atoms with Crippen LogP contribution in [-0.2, 0) is 4.74 Å². The van der Waals surface area contributed by atoms with E-state index in [2.05, 4.69) is 18.8 Å².